The lowest BCUT2D eigenvalue weighted by molar-refractivity contribution is -0.122. The van der Waals surface area contributed by atoms with E-state index in [1.807, 2.05) is 36.4 Å². The number of aryl methyl sites for hydroxylation is 1. The average Bonchev–Trinajstić information content (AvgIpc) is 3.08. The SMILES string of the molecule is Cc1cccc2cc(/C=C3\SC(=S)N(Cc4ccccc4)C3=O)c(N3CCC(C)CC3)nc12. The van der Waals surface area contributed by atoms with E-state index in [0.717, 1.165) is 59.7 Å². The molecule has 0 spiro atoms. The van der Waals surface area contributed by atoms with Gasteiger partial charge in [-0.1, -0.05) is 79.4 Å². The van der Waals surface area contributed by atoms with Crippen LogP contribution in [-0.4, -0.2) is 33.2 Å². The summed E-state index contributed by atoms with van der Waals surface area (Å²) < 4.78 is 0.605. The van der Waals surface area contributed by atoms with E-state index in [9.17, 15) is 4.79 Å². The Morgan fingerprint density at radius 2 is 1.88 bits per heavy atom. The second-order valence-electron chi connectivity index (χ2n) is 8.97. The molecule has 1 amide bonds. The van der Waals surface area contributed by atoms with Gasteiger partial charge in [-0.2, -0.15) is 0 Å². The highest BCUT2D eigenvalue weighted by Gasteiger charge is 2.32. The zero-order valence-corrected chi connectivity index (χ0v) is 20.6. The highest BCUT2D eigenvalue weighted by atomic mass is 32.2. The molecule has 0 radical (unpaired) electrons. The van der Waals surface area contributed by atoms with Gasteiger partial charge >= 0.3 is 0 Å². The lowest BCUT2D eigenvalue weighted by Gasteiger charge is -2.32. The molecule has 2 aliphatic rings. The van der Waals surface area contributed by atoms with Gasteiger partial charge < -0.3 is 4.90 Å². The Kier molecular flexibility index (Phi) is 6.21. The monoisotopic (exact) mass is 473 g/mol. The predicted molar refractivity (Wildman–Crippen MR) is 142 cm³/mol. The molecule has 2 fully saturated rings. The van der Waals surface area contributed by atoms with Crippen LogP contribution in [-0.2, 0) is 11.3 Å². The van der Waals surface area contributed by atoms with Gasteiger partial charge in [-0.15, -0.1) is 0 Å². The number of amides is 1. The summed E-state index contributed by atoms with van der Waals surface area (Å²) in [6, 6.07) is 18.4. The second-order valence-corrected chi connectivity index (χ2v) is 10.6. The normalized spacial score (nSPS) is 18.7. The van der Waals surface area contributed by atoms with E-state index < -0.39 is 0 Å². The van der Waals surface area contributed by atoms with E-state index in [-0.39, 0.29) is 5.91 Å². The Bertz CT molecular complexity index is 1250. The van der Waals surface area contributed by atoms with Crippen LogP contribution < -0.4 is 4.90 Å². The van der Waals surface area contributed by atoms with Crippen molar-refractivity contribution >= 4 is 57.0 Å². The molecule has 0 atom stereocenters. The van der Waals surface area contributed by atoms with Crippen molar-refractivity contribution in [2.75, 3.05) is 18.0 Å². The van der Waals surface area contributed by atoms with Gasteiger partial charge in [0.25, 0.3) is 5.91 Å². The summed E-state index contributed by atoms with van der Waals surface area (Å²) >= 11 is 6.96. The summed E-state index contributed by atoms with van der Waals surface area (Å²) in [7, 11) is 0. The van der Waals surface area contributed by atoms with Crippen molar-refractivity contribution in [1.29, 1.82) is 0 Å². The molecule has 3 heterocycles. The third kappa shape index (κ3) is 4.55. The van der Waals surface area contributed by atoms with Crippen LogP contribution in [0.3, 0.4) is 0 Å². The highest BCUT2D eigenvalue weighted by molar-refractivity contribution is 8.26. The Hall–Kier alpha value is -2.70. The number of thioether (sulfide) groups is 1. The minimum atomic E-state index is -0.0311. The molecule has 0 unspecified atom stereocenters. The molecule has 33 heavy (non-hydrogen) atoms. The van der Waals surface area contributed by atoms with Crippen molar-refractivity contribution in [3.8, 4) is 0 Å². The second kappa shape index (κ2) is 9.27. The summed E-state index contributed by atoms with van der Waals surface area (Å²) in [5, 5.41) is 1.09. The van der Waals surface area contributed by atoms with Crippen molar-refractivity contribution in [3.63, 3.8) is 0 Å². The van der Waals surface area contributed by atoms with Crippen molar-refractivity contribution in [2.45, 2.75) is 33.2 Å². The summed E-state index contributed by atoms with van der Waals surface area (Å²) in [6.45, 7) is 6.89. The van der Waals surface area contributed by atoms with Crippen molar-refractivity contribution < 1.29 is 4.79 Å². The van der Waals surface area contributed by atoms with Gasteiger partial charge in [0.05, 0.1) is 17.0 Å². The summed E-state index contributed by atoms with van der Waals surface area (Å²) in [4.78, 5) is 23.1. The Labute approximate surface area is 204 Å². The van der Waals surface area contributed by atoms with Crippen LogP contribution in [0.15, 0.2) is 59.5 Å². The van der Waals surface area contributed by atoms with Gasteiger partial charge in [-0.3, -0.25) is 9.69 Å². The fourth-order valence-electron chi connectivity index (χ4n) is 4.48. The number of carbonyl (C=O) groups is 1. The van der Waals surface area contributed by atoms with Crippen LogP contribution in [0.2, 0.25) is 0 Å². The molecule has 0 saturated carbocycles. The molecule has 1 aromatic heterocycles. The molecule has 6 heteroatoms. The average molecular weight is 474 g/mol. The fraction of sp³-hybridized carbons (Fsp3) is 0.296. The molecule has 0 aliphatic carbocycles. The van der Waals surface area contributed by atoms with E-state index in [1.54, 1.807) is 4.90 Å². The van der Waals surface area contributed by atoms with Crippen molar-refractivity contribution in [3.05, 3.63) is 76.2 Å². The molecule has 5 rings (SSSR count). The minimum absolute atomic E-state index is 0.0311. The molecular weight excluding hydrogens is 446 g/mol. The van der Waals surface area contributed by atoms with Crippen LogP contribution in [0.1, 0.15) is 36.5 Å². The third-order valence-corrected chi connectivity index (χ3v) is 7.86. The van der Waals surface area contributed by atoms with Crippen LogP contribution >= 0.6 is 24.0 Å². The highest BCUT2D eigenvalue weighted by Crippen LogP contribution is 2.36. The number of hydrogen-bond acceptors (Lipinski definition) is 5. The van der Waals surface area contributed by atoms with Crippen LogP contribution in [0.4, 0.5) is 5.82 Å². The van der Waals surface area contributed by atoms with E-state index in [2.05, 4.69) is 43.0 Å². The molecule has 3 aromatic rings. The number of carbonyl (C=O) groups excluding carboxylic acids is 1. The fourth-order valence-corrected chi connectivity index (χ4v) is 5.72. The Morgan fingerprint density at radius 1 is 1.12 bits per heavy atom. The van der Waals surface area contributed by atoms with E-state index in [0.29, 0.717) is 15.8 Å². The first-order valence-corrected chi connectivity index (χ1v) is 12.7. The van der Waals surface area contributed by atoms with Crippen molar-refractivity contribution in [2.24, 2.45) is 5.92 Å². The van der Waals surface area contributed by atoms with Gasteiger partial charge in [0.2, 0.25) is 0 Å². The molecule has 2 saturated heterocycles. The first-order valence-electron chi connectivity index (χ1n) is 11.4. The number of nitrogens with zero attached hydrogens (tertiary/aromatic N) is 3. The van der Waals surface area contributed by atoms with E-state index in [1.165, 1.54) is 17.3 Å². The molecule has 4 nitrogen and oxygen atoms in total. The zero-order chi connectivity index (χ0) is 22.9. The minimum Gasteiger partial charge on any atom is -0.356 e. The van der Waals surface area contributed by atoms with Gasteiger partial charge in [-0.05, 0) is 49.0 Å². The maximum absolute atomic E-state index is 13.3. The van der Waals surface area contributed by atoms with E-state index >= 15 is 0 Å². The standard InChI is InChI=1S/C27H27N3OS2/c1-18-11-13-29(14-12-18)25-22(15-21-10-6-7-19(2)24(21)28-25)16-23-26(31)30(27(32)33-23)17-20-8-4-3-5-9-20/h3-10,15-16,18H,11-14,17H2,1-2H3/b23-16-. The van der Waals surface area contributed by atoms with Gasteiger partial charge in [0, 0.05) is 24.0 Å². The zero-order valence-electron chi connectivity index (χ0n) is 19.0. The quantitative estimate of drug-likeness (QED) is 0.334. The molecule has 0 bridgehead atoms. The van der Waals surface area contributed by atoms with Gasteiger partial charge in [0.1, 0.15) is 10.1 Å². The molecule has 0 N–H and O–H groups in total. The number of benzene rings is 2. The first-order chi connectivity index (χ1) is 16.0. The maximum atomic E-state index is 13.3. The van der Waals surface area contributed by atoms with Gasteiger partial charge in [-0.25, -0.2) is 4.98 Å². The van der Waals surface area contributed by atoms with Crippen LogP contribution in [0, 0.1) is 12.8 Å². The van der Waals surface area contributed by atoms with Crippen LogP contribution in [0.5, 0.6) is 0 Å². The summed E-state index contributed by atoms with van der Waals surface area (Å²) in [5.74, 6) is 1.68. The maximum Gasteiger partial charge on any atom is 0.266 e. The molecular formula is C27H27N3OS2. The number of anilines is 1. The number of aromatic nitrogens is 1. The smallest absolute Gasteiger partial charge is 0.266 e. The summed E-state index contributed by atoms with van der Waals surface area (Å²) in [5.41, 5.74) is 4.25. The number of pyridine rings is 1. The largest absolute Gasteiger partial charge is 0.356 e. The Morgan fingerprint density at radius 3 is 2.64 bits per heavy atom. The number of para-hydroxylation sites is 1. The number of fused-ring (bicyclic) bond motifs is 1. The summed E-state index contributed by atoms with van der Waals surface area (Å²) in [6.07, 6.45) is 4.31. The van der Waals surface area contributed by atoms with Crippen LogP contribution in [0.25, 0.3) is 17.0 Å². The Balaban J connectivity index is 1.52. The van der Waals surface area contributed by atoms with E-state index in [4.69, 9.17) is 17.2 Å². The number of piperidine rings is 1. The van der Waals surface area contributed by atoms with Gasteiger partial charge in [0.15, 0.2) is 0 Å². The number of rotatable bonds is 4. The molecule has 2 aliphatic heterocycles. The lowest BCUT2D eigenvalue weighted by atomic mass is 9.98. The predicted octanol–water partition coefficient (Wildman–Crippen LogP) is 6.18. The van der Waals surface area contributed by atoms with Crippen molar-refractivity contribution in [1.82, 2.24) is 9.88 Å². The first kappa shape index (κ1) is 22.1. The molecule has 2 aromatic carbocycles. The number of thiocarbonyl (C=S) groups is 1. The lowest BCUT2D eigenvalue weighted by Crippen LogP contribution is -2.34. The topological polar surface area (TPSA) is 36.4 Å². The number of hydrogen-bond donors (Lipinski definition) is 0. The third-order valence-electron chi connectivity index (χ3n) is 6.48. The molecule has 168 valence electrons.